The molecule has 0 aromatic rings. The molecule has 2 N–H and O–H groups in total. The van der Waals surface area contributed by atoms with Crippen LogP contribution < -0.4 is 4.72 Å². The molecule has 20 heavy (non-hydrogen) atoms. The minimum Gasteiger partial charge on any atom is -0.481 e. The topological polar surface area (TPSA) is 86.7 Å². The summed E-state index contributed by atoms with van der Waals surface area (Å²) in [6, 6.07) is 0. The molecule has 0 aliphatic carbocycles. The second-order valence-electron chi connectivity index (χ2n) is 4.72. The Balaban J connectivity index is 2.42. The van der Waals surface area contributed by atoms with E-state index in [-0.39, 0.29) is 25.4 Å². The SMILES string of the molecule is O=C(O)CCC1CCN(S(=O)(=O)NCC(F)(F)F)CC1. The molecule has 1 aliphatic heterocycles. The van der Waals surface area contributed by atoms with Gasteiger partial charge in [-0.15, -0.1) is 0 Å². The zero-order chi connectivity index (χ0) is 15.4. The summed E-state index contributed by atoms with van der Waals surface area (Å²) in [6.45, 7) is -1.37. The Hall–Kier alpha value is -0.870. The molecule has 0 saturated carbocycles. The average Bonchev–Trinajstić information content (AvgIpc) is 2.34. The lowest BCUT2D eigenvalue weighted by Crippen LogP contribution is -2.47. The lowest BCUT2D eigenvalue weighted by molar-refractivity contribution is -0.137. The predicted octanol–water partition coefficient (Wildman–Crippen LogP) is 0.960. The fraction of sp³-hybridized carbons (Fsp3) is 0.900. The maximum atomic E-state index is 12.0. The number of nitrogens with one attached hydrogen (secondary N) is 1. The van der Waals surface area contributed by atoms with Gasteiger partial charge in [-0.2, -0.15) is 30.6 Å². The molecule has 1 rings (SSSR count). The van der Waals surface area contributed by atoms with Gasteiger partial charge in [-0.25, -0.2) is 0 Å². The van der Waals surface area contributed by atoms with Crippen LogP contribution in [-0.2, 0) is 15.0 Å². The summed E-state index contributed by atoms with van der Waals surface area (Å²) in [5, 5.41) is 8.55. The number of carboxylic acids is 1. The summed E-state index contributed by atoms with van der Waals surface area (Å²) in [7, 11) is -4.12. The predicted molar refractivity (Wildman–Crippen MR) is 64.1 cm³/mol. The van der Waals surface area contributed by atoms with Gasteiger partial charge in [0.15, 0.2) is 0 Å². The van der Waals surface area contributed by atoms with Crippen molar-refractivity contribution < 1.29 is 31.5 Å². The highest BCUT2D eigenvalue weighted by molar-refractivity contribution is 7.87. The molecule has 1 heterocycles. The molecule has 0 aromatic heterocycles. The van der Waals surface area contributed by atoms with Crippen LogP contribution in [0.15, 0.2) is 0 Å². The molecule has 6 nitrogen and oxygen atoms in total. The van der Waals surface area contributed by atoms with Crippen molar-refractivity contribution in [3.63, 3.8) is 0 Å². The smallest absolute Gasteiger partial charge is 0.402 e. The fourth-order valence-corrected chi connectivity index (χ4v) is 3.25. The number of alkyl halides is 3. The Morgan fingerprint density at radius 3 is 2.30 bits per heavy atom. The highest BCUT2D eigenvalue weighted by Crippen LogP contribution is 2.23. The van der Waals surface area contributed by atoms with Crippen LogP contribution in [0.25, 0.3) is 0 Å². The first-order valence-electron chi connectivity index (χ1n) is 6.13. The molecule has 0 amide bonds. The van der Waals surface area contributed by atoms with E-state index in [4.69, 9.17) is 5.11 Å². The molecule has 0 aromatic carbocycles. The molecular formula is C10H17F3N2O4S. The fourth-order valence-electron chi connectivity index (χ4n) is 2.03. The van der Waals surface area contributed by atoms with Crippen LogP contribution in [0, 0.1) is 5.92 Å². The number of halogens is 3. The average molecular weight is 318 g/mol. The summed E-state index contributed by atoms with van der Waals surface area (Å²) in [5.74, 6) is -0.813. The van der Waals surface area contributed by atoms with Gasteiger partial charge in [0.1, 0.15) is 6.54 Å². The second-order valence-corrected chi connectivity index (χ2v) is 6.47. The van der Waals surface area contributed by atoms with E-state index in [9.17, 15) is 26.4 Å². The minimum absolute atomic E-state index is 0.0176. The highest BCUT2D eigenvalue weighted by Gasteiger charge is 2.33. The second kappa shape index (κ2) is 6.72. The van der Waals surface area contributed by atoms with Crippen molar-refractivity contribution in [3.05, 3.63) is 0 Å². The normalized spacial score (nSPS) is 19.1. The first kappa shape index (κ1) is 17.2. The van der Waals surface area contributed by atoms with Gasteiger partial charge in [0, 0.05) is 19.5 Å². The van der Waals surface area contributed by atoms with E-state index in [1.165, 1.54) is 4.72 Å². The van der Waals surface area contributed by atoms with Gasteiger partial charge < -0.3 is 5.11 Å². The van der Waals surface area contributed by atoms with E-state index in [2.05, 4.69) is 0 Å². The summed E-state index contributed by atoms with van der Waals surface area (Å²) in [6.07, 6.45) is -3.20. The van der Waals surface area contributed by atoms with Crippen molar-refractivity contribution in [1.82, 2.24) is 9.03 Å². The minimum atomic E-state index is -4.59. The molecule has 0 bridgehead atoms. The lowest BCUT2D eigenvalue weighted by atomic mass is 9.93. The van der Waals surface area contributed by atoms with Crippen LogP contribution in [-0.4, -0.2) is 49.6 Å². The van der Waals surface area contributed by atoms with Crippen LogP contribution in [0.3, 0.4) is 0 Å². The van der Waals surface area contributed by atoms with Crippen LogP contribution in [0.1, 0.15) is 25.7 Å². The number of hydrogen-bond acceptors (Lipinski definition) is 3. The number of carbonyl (C=O) groups is 1. The summed E-state index contributed by atoms with van der Waals surface area (Å²) in [4.78, 5) is 10.4. The Morgan fingerprint density at radius 2 is 1.85 bits per heavy atom. The number of nitrogens with zero attached hydrogens (tertiary/aromatic N) is 1. The first-order valence-corrected chi connectivity index (χ1v) is 7.57. The van der Waals surface area contributed by atoms with Gasteiger partial charge in [-0.1, -0.05) is 0 Å². The largest absolute Gasteiger partial charge is 0.481 e. The molecule has 0 spiro atoms. The summed E-state index contributed by atoms with van der Waals surface area (Å²) in [5.41, 5.74) is 0. The van der Waals surface area contributed by atoms with Gasteiger partial charge in [0.25, 0.3) is 10.2 Å². The lowest BCUT2D eigenvalue weighted by Gasteiger charge is -2.31. The van der Waals surface area contributed by atoms with E-state index in [0.717, 1.165) is 4.31 Å². The number of aliphatic carboxylic acids is 1. The number of rotatable bonds is 6. The first-order chi connectivity index (χ1) is 9.10. The van der Waals surface area contributed by atoms with E-state index < -0.39 is 28.9 Å². The number of piperidine rings is 1. The molecular weight excluding hydrogens is 301 g/mol. The Labute approximate surface area is 115 Å². The highest BCUT2D eigenvalue weighted by atomic mass is 32.2. The molecule has 0 radical (unpaired) electrons. The van der Waals surface area contributed by atoms with Gasteiger partial charge in [-0.05, 0) is 25.2 Å². The standard InChI is InChI=1S/C10H17F3N2O4S/c11-10(12,13)7-14-20(18,19)15-5-3-8(4-6-15)1-2-9(16)17/h8,14H,1-7H2,(H,16,17). The molecule has 0 unspecified atom stereocenters. The molecule has 1 aliphatic rings. The zero-order valence-electron chi connectivity index (χ0n) is 10.7. The van der Waals surface area contributed by atoms with E-state index >= 15 is 0 Å². The third kappa shape index (κ3) is 6.06. The van der Waals surface area contributed by atoms with Crippen LogP contribution in [0.5, 0.6) is 0 Å². The molecule has 1 saturated heterocycles. The van der Waals surface area contributed by atoms with Crippen LogP contribution in [0.4, 0.5) is 13.2 Å². The summed E-state index contributed by atoms with van der Waals surface area (Å²) >= 11 is 0. The number of carboxylic acid groups (broad SMARTS) is 1. The van der Waals surface area contributed by atoms with E-state index in [0.29, 0.717) is 19.3 Å². The molecule has 118 valence electrons. The summed E-state index contributed by atoms with van der Waals surface area (Å²) < 4.78 is 61.7. The van der Waals surface area contributed by atoms with Gasteiger partial charge in [0.2, 0.25) is 0 Å². The maximum absolute atomic E-state index is 12.0. The maximum Gasteiger partial charge on any atom is 0.402 e. The van der Waals surface area contributed by atoms with Crippen molar-refractivity contribution in [2.45, 2.75) is 31.9 Å². The third-order valence-corrected chi connectivity index (χ3v) is 4.69. The van der Waals surface area contributed by atoms with Crippen molar-refractivity contribution in [2.24, 2.45) is 5.92 Å². The van der Waals surface area contributed by atoms with Crippen molar-refractivity contribution >= 4 is 16.2 Å². The quantitative estimate of drug-likeness (QED) is 0.764. The molecule has 10 heteroatoms. The Morgan fingerprint density at radius 1 is 1.30 bits per heavy atom. The van der Waals surface area contributed by atoms with E-state index in [1.54, 1.807) is 0 Å². The zero-order valence-corrected chi connectivity index (χ0v) is 11.5. The van der Waals surface area contributed by atoms with Crippen molar-refractivity contribution in [1.29, 1.82) is 0 Å². The third-order valence-electron chi connectivity index (χ3n) is 3.13. The molecule has 1 fully saturated rings. The molecule has 0 atom stereocenters. The van der Waals surface area contributed by atoms with E-state index in [1.807, 2.05) is 0 Å². The van der Waals surface area contributed by atoms with Gasteiger partial charge in [-0.3, -0.25) is 4.79 Å². The Bertz CT molecular complexity index is 430. The number of hydrogen-bond donors (Lipinski definition) is 2. The Kier molecular flexibility index (Phi) is 5.78. The van der Waals surface area contributed by atoms with Crippen LogP contribution >= 0.6 is 0 Å². The van der Waals surface area contributed by atoms with Crippen LogP contribution in [0.2, 0.25) is 0 Å². The van der Waals surface area contributed by atoms with Gasteiger partial charge >= 0.3 is 12.1 Å². The monoisotopic (exact) mass is 318 g/mol. The van der Waals surface area contributed by atoms with Crippen molar-refractivity contribution in [3.8, 4) is 0 Å². The van der Waals surface area contributed by atoms with Gasteiger partial charge in [0.05, 0.1) is 0 Å². The van der Waals surface area contributed by atoms with Crippen molar-refractivity contribution in [2.75, 3.05) is 19.6 Å².